The van der Waals surface area contributed by atoms with E-state index < -0.39 is 0 Å². The van der Waals surface area contributed by atoms with Crippen molar-refractivity contribution >= 4 is 23.2 Å². The first-order valence-corrected chi connectivity index (χ1v) is 8.36. The Kier molecular flexibility index (Phi) is 6.22. The highest BCUT2D eigenvalue weighted by molar-refractivity contribution is 6.18. The van der Waals surface area contributed by atoms with Crippen molar-refractivity contribution in [1.29, 1.82) is 0 Å². The summed E-state index contributed by atoms with van der Waals surface area (Å²) in [6, 6.07) is 0. The predicted octanol–water partition coefficient (Wildman–Crippen LogP) is 6.24. The molecule has 1 aromatic carbocycles. The second-order valence-electron chi connectivity index (χ2n) is 6.28. The maximum absolute atomic E-state index is 10.7. The molecule has 114 valence electrons. The van der Waals surface area contributed by atoms with Crippen LogP contribution >= 0.6 is 23.2 Å². The Labute approximate surface area is 133 Å². The van der Waals surface area contributed by atoms with Crippen molar-refractivity contribution in [2.45, 2.75) is 71.1 Å². The minimum Gasteiger partial charge on any atom is -0.507 e. The number of hydrogen-bond acceptors (Lipinski definition) is 1. The summed E-state index contributed by atoms with van der Waals surface area (Å²) in [6.07, 6.45) is 0. The van der Waals surface area contributed by atoms with Gasteiger partial charge in [0.15, 0.2) is 0 Å². The molecule has 1 N–H and O–H groups in total. The van der Waals surface area contributed by atoms with Gasteiger partial charge >= 0.3 is 0 Å². The molecule has 0 spiro atoms. The Morgan fingerprint density at radius 2 is 1.00 bits per heavy atom. The van der Waals surface area contributed by atoms with E-state index >= 15 is 0 Å². The molecule has 1 aromatic rings. The summed E-state index contributed by atoms with van der Waals surface area (Å²) in [6.45, 7) is 12.7. The number of rotatable bonds is 5. The van der Waals surface area contributed by atoms with Crippen LogP contribution in [0, 0.1) is 0 Å². The summed E-state index contributed by atoms with van der Waals surface area (Å²) < 4.78 is 0. The van der Waals surface area contributed by atoms with E-state index in [0.717, 1.165) is 22.3 Å². The summed E-state index contributed by atoms with van der Waals surface area (Å²) >= 11 is 12.4. The summed E-state index contributed by atoms with van der Waals surface area (Å²) in [7, 11) is 0. The highest BCUT2D eigenvalue weighted by Gasteiger charge is 2.26. The molecule has 0 bridgehead atoms. The van der Waals surface area contributed by atoms with Crippen molar-refractivity contribution in [3.8, 4) is 5.75 Å². The quantitative estimate of drug-likeness (QED) is 0.637. The van der Waals surface area contributed by atoms with E-state index in [0.29, 0.717) is 23.4 Å². The number of halogens is 2. The third-order valence-corrected chi connectivity index (χ3v) is 4.34. The van der Waals surface area contributed by atoms with Crippen LogP contribution in [0.3, 0.4) is 0 Å². The third kappa shape index (κ3) is 3.09. The molecule has 0 unspecified atom stereocenters. The number of alkyl halides is 2. The fourth-order valence-corrected chi connectivity index (χ4v) is 3.71. The molecule has 1 rings (SSSR count). The van der Waals surface area contributed by atoms with Crippen LogP contribution in [0.1, 0.15) is 87.1 Å². The second-order valence-corrected chi connectivity index (χ2v) is 6.81. The maximum Gasteiger partial charge on any atom is 0.123 e. The van der Waals surface area contributed by atoms with Crippen LogP contribution < -0.4 is 0 Å². The van der Waals surface area contributed by atoms with Gasteiger partial charge in [-0.05, 0) is 34.4 Å². The van der Waals surface area contributed by atoms with E-state index in [1.54, 1.807) is 0 Å². The van der Waals surface area contributed by atoms with Crippen molar-refractivity contribution < 1.29 is 5.11 Å². The molecule has 0 amide bonds. The lowest BCUT2D eigenvalue weighted by molar-refractivity contribution is 0.451. The van der Waals surface area contributed by atoms with Crippen LogP contribution in [0.15, 0.2) is 0 Å². The smallest absolute Gasteiger partial charge is 0.123 e. The molecule has 0 aliphatic heterocycles. The van der Waals surface area contributed by atoms with Gasteiger partial charge in [0.05, 0.1) is 0 Å². The van der Waals surface area contributed by atoms with Gasteiger partial charge < -0.3 is 5.11 Å². The first-order valence-electron chi connectivity index (χ1n) is 7.30. The lowest BCUT2D eigenvalue weighted by atomic mass is 9.80. The summed E-state index contributed by atoms with van der Waals surface area (Å²) in [5.41, 5.74) is 5.33. The molecule has 0 heterocycles. The molecule has 0 fully saturated rings. The SMILES string of the molecule is CC(C)c1c(O)c(C(C)C)c(CCl)c(C(C)C)c1CCl. The predicted molar refractivity (Wildman–Crippen MR) is 89.5 cm³/mol. The second kappa shape index (κ2) is 7.04. The van der Waals surface area contributed by atoms with Crippen LogP contribution in [0.25, 0.3) is 0 Å². The average Bonchev–Trinajstić information content (AvgIpc) is 2.35. The van der Waals surface area contributed by atoms with Crippen molar-refractivity contribution in [2.24, 2.45) is 0 Å². The van der Waals surface area contributed by atoms with Gasteiger partial charge in [-0.3, -0.25) is 0 Å². The minimum atomic E-state index is 0.239. The lowest BCUT2D eigenvalue weighted by Gasteiger charge is -2.27. The van der Waals surface area contributed by atoms with Crippen LogP contribution in [0.5, 0.6) is 5.75 Å². The van der Waals surface area contributed by atoms with Gasteiger partial charge in [-0.15, -0.1) is 23.2 Å². The number of aromatic hydroxyl groups is 1. The Morgan fingerprint density at radius 3 is 1.20 bits per heavy atom. The van der Waals surface area contributed by atoms with Gasteiger partial charge in [0.2, 0.25) is 0 Å². The van der Waals surface area contributed by atoms with Gasteiger partial charge in [-0.25, -0.2) is 0 Å². The standard InChI is InChI=1S/C17H26Cl2O/c1-9(2)14-12(7-18)15(10(3)4)17(20)16(11(5)6)13(14)8-19/h9-11,20H,7-8H2,1-6H3. The van der Waals surface area contributed by atoms with Crippen molar-refractivity contribution in [1.82, 2.24) is 0 Å². The Balaban J connectivity index is 3.89. The Morgan fingerprint density at radius 1 is 0.700 bits per heavy atom. The number of phenolic OH excluding ortho intramolecular Hbond substituents is 1. The van der Waals surface area contributed by atoms with Gasteiger partial charge in [0.1, 0.15) is 5.75 Å². The van der Waals surface area contributed by atoms with Crippen LogP contribution in [0.4, 0.5) is 0 Å². The molecular formula is C17H26Cl2O. The van der Waals surface area contributed by atoms with E-state index in [-0.39, 0.29) is 11.8 Å². The van der Waals surface area contributed by atoms with Crippen molar-refractivity contribution in [3.63, 3.8) is 0 Å². The molecule has 0 aliphatic rings. The van der Waals surface area contributed by atoms with Gasteiger partial charge in [0.25, 0.3) is 0 Å². The fourth-order valence-electron chi connectivity index (χ4n) is 3.13. The topological polar surface area (TPSA) is 20.2 Å². The largest absolute Gasteiger partial charge is 0.507 e. The van der Waals surface area contributed by atoms with E-state index in [1.165, 1.54) is 5.56 Å². The molecule has 0 saturated carbocycles. The summed E-state index contributed by atoms with van der Waals surface area (Å²) in [5.74, 6) is 2.04. The zero-order chi connectivity index (χ0) is 15.6. The Hall–Kier alpha value is -0.400. The number of hydrogen-bond donors (Lipinski definition) is 1. The van der Waals surface area contributed by atoms with Gasteiger partial charge in [-0.2, -0.15) is 0 Å². The molecule has 20 heavy (non-hydrogen) atoms. The summed E-state index contributed by atoms with van der Waals surface area (Å²) in [4.78, 5) is 0. The molecule has 0 aliphatic carbocycles. The minimum absolute atomic E-state index is 0.239. The molecular weight excluding hydrogens is 291 g/mol. The molecule has 0 atom stereocenters. The molecule has 0 saturated heterocycles. The first-order chi connectivity index (χ1) is 9.27. The normalized spacial score (nSPS) is 11.9. The zero-order valence-corrected chi connectivity index (χ0v) is 14.9. The highest BCUT2D eigenvalue weighted by Crippen LogP contribution is 2.44. The van der Waals surface area contributed by atoms with Crippen LogP contribution in [0.2, 0.25) is 0 Å². The Bertz CT molecular complexity index is 439. The van der Waals surface area contributed by atoms with E-state index in [9.17, 15) is 5.11 Å². The number of benzene rings is 1. The van der Waals surface area contributed by atoms with E-state index in [1.807, 2.05) is 0 Å². The molecule has 0 radical (unpaired) electrons. The lowest BCUT2D eigenvalue weighted by Crippen LogP contribution is -2.11. The monoisotopic (exact) mass is 316 g/mol. The van der Waals surface area contributed by atoms with Crippen molar-refractivity contribution in [2.75, 3.05) is 0 Å². The molecule has 0 aromatic heterocycles. The average molecular weight is 317 g/mol. The van der Waals surface area contributed by atoms with E-state index in [2.05, 4.69) is 41.5 Å². The third-order valence-electron chi connectivity index (χ3n) is 3.81. The van der Waals surface area contributed by atoms with Crippen molar-refractivity contribution in [3.05, 3.63) is 27.8 Å². The summed E-state index contributed by atoms with van der Waals surface area (Å²) in [5, 5.41) is 10.7. The highest BCUT2D eigenvalue weighted by atomic mass is 35.5. The number of phenols is 1. The van der Waals surface area contributed by atoms with Gasteiger partial charge in [0, 0.05) is 22.9 Å². The van der Waals surface area contributed by atoms with Gasteiger partial charge in [-0.1, -0.05) is 41.5 Å². The zero-order valence-electron chi connectivity index (χ0n) is 13.3. The molecule has 3 heteroatoms. The first kappa shape index (κ1) is 17.7. The van der Waals surface area contributed by atoms with Crippen LogP contribution in [-0.4, -0.2) is 5.11 Å². The fraction of sp³-hybridized carbons (Fsp3) is 0.647. The van der Waals surface area contributed by atoms with Crippen LogP contribution in [-0.2, 0) is 11.8 Å². The maximum atomic E-state index is 10.7. The van der Waals surface area contributed by atoms with E-state index in [4.69, 9.17) is 23.2 Å². The molecule has 1 nitrogen and oxygen atoms in total.